The molecule has 5 N–H and O–H groups in total. The fourth-order valence-corrected chi connectivity index (χ4v) is 12.6. The van der Waals surface area contributed by atoms with Gasteiger partial charge in [0, 0.05) is 112 Å². The van der Waals surface area contributed by atoms with Gasteiger partial charge in [-0.05, 0) is 157 Å². The third-order valence-electron chi connectivity index (χ3n) is 19.2. The lowest BCUT2D eigenvalue weighted by atomic mass is 9.73. The van der Waals surface area contributed by atoms with Gasteiger partial charge in [0.2, 0.25) is 7.16 Å². The molecule has 5 aromatic rings. The summed E-state index contributed by atoms with van der Waals surface area (Å²) in [6.45, 7) is -70.7. The van der Waals surface area contributed by atoms with Crippen molar-refractivity contribution in [1.29, 1.82) is 7.16 Å². The molecule has 0 spiro atoms. The number of aliphatic hydroxyl groups is 5. The van der Waals surface area contributed by atoms with E-state index in [0.717, 1.165) is 89.0 Å². The molecule has 10 rings (SSSR count). The molecule has 0 saturated heterocycles. The average Bonchev–Trinajstić information content (AvgIpc) is 0.633. The van der Waals surface area contributed by atoms with Crippen LogP contribution in [-0.2, 0) is 75.7 Å². The van der Waals surface area contributed by atoms with E-state index in [-0.39, 0.29) is 45.9 Å². The molecule has 130 heavy (non-hydrogen) atoms. The predicted molar refractivity (Wildman–Crippen MR) is 517 cm³/mol. The summed E-state index contributed by atoms with van der Waals surface area (Å²) in [6, 6.07) is -2.14. The molecule has 5 fully saturated rings. The van der Waals surface area contributed by atoms with Crippen LogP contribution in [-0.4, -0.2) is 218 Å². The third-order valence-corrected chi connectivity index (χ3v) is 19.2. The number of hydrogen-bond donors (Lipinski definition) is 5. The van der Waals surface area contributed by atoms with Crippen molar-refractivity contribution in [3.05, 3.63) is 179 Å². The lowest BCUT2D eigenvalue weighted by molar-refractivity contribution is -0.174. The average molecular weight is 1880 g/mol. The minimum Gasteiger partial charge on any atom is -0.450 e. The van der Waals surface area contributed by atoms with Gasteiger partial charge in [0.25, 0.3) is 0 Å². The van der Waals surface area contributed by atoms with E-state index in [2.05, 4.69) is 25.6 Å². The molecule has 20 nitrogen and oxygen atoms in total. The van der Waals surface area contributed by atoms with Gasteiger partial charge in [-0.1, -0.05) is 375 Å². The monoisotopic (exact) mass is 1880 g/mol. The molecule has 20 heteroatoms. The zero-order chi connectivity index (χ0) is 172. The summed E-state index contributed by atoms with van der Waals surface area (Å²) >= 11 is 0. The van der Waals surface area contributed by atoms with Crippen LogP contribution in [0, 0.1) is 88.7 Å². The van der Waals surface area contributed by atoms with Crippen molar-refractivity contribution in [3.63, 3.8) is 0 Å². The molecule has 5 aromatic carbocycles. The molecule has 5 aliphatic carbocycles. The highest BCUT2D eigenvalue weighted by atomic mass is 16.6. The van der Waals surface area contributed by atoms with E-state index < -0.39 is 436 Å². The molecular weight excluding hydrogens is 1630 g/mol. The van der Waals surface area contributed by atoms with E-state index in [1.54, 1.807) is 54.0 Å². The first-order valence-electron chi connectivity index (χ1n) is 83.8. The fourth-order valence-electron chi connectivity index (χ4n) is 12.6. The number of nitrogens with zero attached hydrogens (tertiary/aromatic N) is 5. The fraction of sp³-hybridized carbons (Fsp3) is 0.591. The maximum absolute atomic E-state index is 14.2. The summed E-state index contributed by atoms with van der Waals surface area (Å²) in [6.07, 6.45) is -35.1. The number of carbonyl (C=O) groups is 5. The highest BCUT2D eigenvalue weighted by Gasteiger charge is 2.52. The lowest BCUT2D eigenvalue weighted by Crippen LogP contribution is -2.45. The van der Waals surface area contributed by atoms with E-state index >= 15 is 0 Å². The van der Waals surface area contributed by atoms with Gasteiger partial charge in [0.15, 0.2) is 60.8 Å². The molecular formula is C110H155N5O15. The summed E-state index contributed by atoms with van der Waals surface area (Å²) in [7, 11) is 0. The maximum atomic E-state index is 14.2. The van der Waals surface area contributed by atoms with Crippen LogP contribution in [0.3, 0.4) is 0 Å². The number of rotatable bonds is 40. The molecule has 5 aliphatic rings. The number of esters is 5. The highest BCUT2D eigenvalue weighted by molar-refractivity contribution is 5.84. The second-order valence-corrected chi connectivity index (χ2v) is 26.8. The van der Waals surface area contributed by atoms with Crippen molar-refractivity contribution in [1.82, 2.24) is 24.5 Å². The Morgan fingerprint density at radius 3 is 0.800 bits per heavy atom. The van der Waals surface area contributed by atoms with Gasteiger partial charge in [0.05, 0.1) is 67.0 Å². The van der Waals surface area contributed by atoms with Crippen LogP contribution < -0.4 is 0 Å². The summed E-state index contributed by atoms with van der Waals surface area (Å²) in [5.74, 6) is -2.16. The van der Waals surface area contributed by atoms with E-state index in [1.165, 1.54) is 6.07 Å². The van der Waals surface area contributed by atoms with E-state index in [4.69, 9.17) is 152 Å². The van der Waals surface area contributed by atoms with E-state index in [1.807, 2.05) is 29.6 Å². The number of hydrogen-bond acceptors (Lipinski definition) is 20. The summed E-state index contributed by atoms with van der Waals surface area (Å²) in [4.78, 5) is 69.4. The predicted octanol–water partition coefficient (Wildman–Crippen LogP) is 16.7. The van der Waals surface area contributed by atoms with Crippen molar-refractivity contribution in [2.45, 2.75) is 257 Å². The van der Waals surface area contributed by atoms with Gasteiger partial charge in [-0.2, -0.15) is 0 Å². The van der Waals surface area contributed by atoms with Gasteiger partial charge < -0.3 is 49.2 Å². The van der Waals surface area contributed by atoms with Gasteiger partial charge in [-0.25, -0.2) is 24.0 Å². The standard InChI is InChI=1S/5C22H31NO3/c5*1-3-23(4-2)17-11-12-18-26-21(24)22(25,19-13-7-5-8-14-19)20-15-9-6-10-16-20/h5*5,7-8,13-14,20,25H,3-4,6,9-10,15-18H2,1-2H3/i3D2,4D2,5D,6D2,7D,8D,9D2,10D2,13D,14D,15D2,16D2,18D2,20D,25D;1D3,2D3,3D2,4D2,6D2,9D2,10D2,15D2,16D2,18D2,20D,25D;1D3,2D3,3D2,4D2,5D,7D,8D,13D,14D,18D2,25D;3D2,4D2,5D,7D,8D,13D,14D,18D2,25D;1D3,2D3,3D2,4D2,18D2,25D. The van der Waals surface area contributed by atoms with Gasteiger partial charge in [0.1, 0.15) is 0 Å². The first-order chi connectivity index (χ1) is 98.2. The van der Waals surface area contributed by atoms with E-state index in [9.17, 15) is 25.3 Å². The van der Waals surface area contributed by atoms with Crippen molar-refractivity contribution in [2.24, 2.45) is 29.5 Å². The summed E-state index contributed by atoms with van der Waals surface area (Å²) < 4.78 is 743. The third kappa shape index (κ3) is 33.8. The Kier molecular flexibility index (Phi) is 17.6. The van der Waals surface area contributed by atoms with Gasteiger partial charge in [-0.15, -0.1) is 0 Å². The van der Waals surface area contributed by atoms with Crippen LogP contribution in [0.4, 0.5) is 0 Å². The lowest BCUT2D eigenvalue weighted by Gasteiger charge is -2.36. The second-order valence-electron chi connectivity index (χ2n) is 26.8. The Morgan fingerprint density at radius 2 is 0.554 bits per heavy atom. The topological polar surface area (TPSA) is 249 Å². The molecule has 0 bridgehead atoms. The zero-order valence-corrected chi connectivity index (χ0v) is 70.5. The Bertz CT molecular complexity index is 8520. The van der Waals surface area contributed by atoms with Crippen molar-refractivity contribution in [2.75, 3.05) is 130 Å². The maximum Gasteiger partial charge on any atom is 0.344 e. The first-order valence-corrected chi connectivity index (χ1v) is 39.3. The smallest absolute Gasteiger partial charge is 0.344 e. The van der Waals surface area contributed by atoms with Crippen molar-refractivity contribution in [3.8, 4) is 59.2 Å². The van der Waals surface area contributed by atoms with Crippen LogP contribution >= 0.6 is 0 Å². The summed E-state index contributed by atoms with van der Waals surface area (Å²) in [5.41, 5.74) is -19.6. The molecule has 710 valence electrons. The largest absolute Gasteiger partial charge is 0.450 e. The van der Waals surface area contributed by atoms with Crippen LogP contribution in [0.15, 0.2) is 151 Å². The van der Waals surface area contributed by atoms with Crippen molar-refractivity contribution >= 4 is 29.8 Å². The second kappa shape index (κ2) is 61.5. The molecule has 0 aliphatic heterocycles. The van der Waals surface area contributed by atoms with Gasteiger partial charge in [-0.3, -0.25) is 24.5 Å². The normalized spacial score (nSPS) is 33.9. The highest BCUT2D eigenvalue weighted by Crippen LogP contribution is 2.46. The Morgan fingerprint density at radius 1 is 0.331 bits per heavy atom. The first kappa shape index (κ1) is 37.3. The van der Waals surface area contributed by atoms with Crippen molar-refractivity contribution < 1.29 is 190 Å². The quantitative estimate of drug-likeness (QED) is 0.0139. The Hall–Kier alpha value is -9.15. The Balaban J connectivity index is 0.000000413. The van der Waals surface area contributed by atoms with Gasteiger partial charge >= 0.3 is 29.8 Å². The molecule has 5 saturated carbocycles. The van der Waals surface area contributed by atoms with Crippen LogP contribution in [0.5, 0.6) is 0 Å². The number of benzene rings is 5. The SMILES string of the molecule is [2H]OC(C(=O)OC([2H])([2H])C#CCN(C([2H])([2H])C([2H])([2H])[2H])C([2H])([2H])C([2H])([2H])[2H])(c1c([2H])c([2H])c([2H])c([2H])c1[2H])C1CCCCC1.[2H]OC(C(=O)OC([2H])([2H])C#CCN(C([2H])([2H])C([2H])([2H])[2H])C([2H])([2H])C([2H])([2H])[2H])(c1ccccc1)C1([2H])C([2H])([2H])C([2H])([2H])C([2H])([2H])C([2H])([2H])C1([2H])[2H].[2H]OC(C(=O)OC([2H])([2H])C#CCN(C([2H])([2H])C([2H])([2H])[2H])C([2H])([2H])C([2H])([2H])[2H])(c1ccccc1)C1CCCCC1.[2H]OC(C(=O)OC([2H])([2H])C#CCN(C([2H])([2H])C)C([2H])([2H])C)(c1c([2H])c([2H])c([2H])c([2H])c1[2H])C1([2H])C([2H])([2H])C([2H])([2H])C([2H])([2H])C([2H])([2H])C1([2H])[2H].[2H]OC(C(=O)OC([2H])([2H])C#CCN(C([2H])([2H])C)C([2H])([2H])C)(c1c([2H])c([2H])c([2H])c([2H])c1[2H])C1CCCCC1. The molecule has 0 heterocycles. The minimum atomic E-state index is -4.77. The Labute approximate surface area is 907 Å². The number of ether oxygens (including phenoxy) is 5. The minimum absolute atomic E-state index is 0.131. The molecule has 0 aromatic heterocycles. The molecule has 5 unspecified atom stereocenters. The van der Waals surface area contributed by atoms with Crippen LogP contribution in [0.2, 0.25) is 0 Å². The van der Waals surface area contributed by atoms with Crippen LogP contribution in [0.1, 0.15) is 373 Å². The molecule has 0 radical (unpaired) electrons. The zero-order valence-electron chi connectivity index (χ0n) is 161. The van der Waals surface area contributed by atoms with Crippen LogP contribution in [0.25, 0.3) is 0 Å². The molecule has 5 atom stereocenters. The summed E-state index contributed by atoms with van der Waals surface area (Å²) in [5, 5.41) is 23.7. The van der Waals surface area contributed by atoms with E-state index in [0.29, 0.717) is 43.4 Å². The molecule has 0 amide bonds. The number of carbonyl (C=O) groups excluding carboxylic acids is 5.